The van der Waals surface area contributed by atoms with E-state index in [4.69, 9.17) is 0 Å². The molecule has 33 heavy (non-hydrogen) atoms. The van der Waals surface area contributed by atoms with Crippen molar-refractivity contribution in [2.24, 2.45) is 50.2 Å². The van der Waals surface area contributed by atoms with Crippen molar-refractivity contribution in [3.05, 3.63) is 11.6 Å². The van der Waals surface area contributed by atoms with Crippen molar-refractivity contribution < 1.29 is 15.0 Å². The zero-order valence-electron chi connectivity index (χ0n) is 22.3. The van der Waals surface area contributed by atoms with E-state index in [2.05, 4.69) is 47.6 Å². The van der Waals surface area contributed by atoms with Crippen molar-refractivity contribution in [3.8, 4) is 0 Å². The average molecular weight is 457 g/mol. The Morgan fingerprint density at radius 2 is 1.55 bits per heavy atom. The predicted molar refractivity (Wildman–Crippen MR) is 133 cm³/mol. The summed E-state index contributed by atoms with van der Waals surface area (Å²) in [6, 6.07) is 0. The first-order chi connectivity index (χ1) is 15.1. The number of fused-ring (bicyclic) bond motifs is 7. The number of rotatable bonds is 1. The Labute approximate surface area is 201 Å². The lowest BCUT2D eigenvalue weighted by atomic mass is 9.33. The van der Waals surface area contributed by atoms with E-state index in [0.717, 1.165) is 25.7 Å². The first kappa shape index (κ1) is 23.9. The number of carboxylic acid groups (broad SMARTS) is 1. The SMILES string of the molecule is CC1(C)CC[C@]2(C)CCC3(C)C(=CCC4[C@@]5(C)CCC(O)[C@](C)(C(=O)O)C5CC[C@]43C)[C@@H]2C1. The molecular formula is C30H48O3. The summed E-state index contributed by atoms with van der Waals surface area (Å²) >= 11 is 0. The highest BCUT2D eigenvalue weighted by atomic mass is 16.4. The van der Waals surface area contributed by atoms with E-state index >= 15 is 0 Å². The van der Waals surface area contributed by atoms with Crippen LogP contribution in [0.1, 0.15) is 113 Å². The van der Waals surface area contributed by atoms with Gasteiger partial charge in [0.05, 0.1) is 11.5 Å². The Bertz CT molecular complexity index is 889. The van der Waals surface area contributed by atoms with Gasteiger partial charge in [0.15, 0.2) is 0 Å². The molecule has 0 radical (unpaired) electrons. The topological polar surface area (TPSA) is 57.5 Å². The molecule has 0 aromatic carbocycles. The van der Waals surface area contributed by atoms with Crippen molar-refractivity contribution in [1.29, 1.82) is 0 Å². The molecule has 0 saturated heterocycles. The van der Waals surface area contributed by atoms with Crippen molar-refractivity contribution in [2.45, 2.75) is 119 Å². The van der Waals surface area contributed by atoms with Gasteiger partial charge in [-0.25, -0.2) is 0 Å². The Hall–Kier alpha value is -0.830. The molecule has 0 aromatic heterocycles. The van der Waals surface area contributed by atoms with Gasteiger partial charge in [0, 0.05) is 0 Å². The van der Waals surface area contributed by atoms with Crippen LogP contribution >= 0.6 is 0 Å². The maximum Gasteiger partial charge on any atom is 0.312 e. The first-order valence-electron chi connectivity index (χ1n) is 13.8. The lowest BCUT2D eigenvalue weighted by molar-refractivity contribution is -0.216. The predicted octanol–water partition coefficient (Wildman–Crippen LogP) is 7.23. The van der Waals surface area contributed by atoms with Crippen LogP contribution in [0, 0.1) is 50.2 Å². The number of hydrogen-bond acceptors (Lipinski definition) is 2. The third kappa shape index (κ3) is 2.87. The molecule has 186 valence electrons. The van der Waals surface area contributed by atoms with E-state index in [9.17, 15) is 15.0 Å². The summed E-state index contributed by atoms with van der Waals surface area (Å²) in [7, 11) is 0. The average Bonchev–Trinajstić information content (AvgIpc) is 2.72. The molecule has 0 spiro atoms. The summed E-state index contributed by atoms with van der Waals surface area (Å²) in [5, 5.41) is 21.1. The molecule has 5 rings (SSSR count). The van der Waals surface area contributed by atoms with Gasteiger partial charge in [-0.2, -0.15) is 0 Å². The molecule has 0 bridgehead atoms. The highest BCUT2D eigenvalue weighted by Crippen LogP contribution is 2.75. The van der Waals surface area contributed by atoms with E-state index in [1.54, 1.807) is 5.57 Å². The van der Waals surface area contributed by atoms with Crippen molar-refractivity contribution in [1.82, 2.24) is 0 Å². The fourth-order valence-corrected chi connectivity index (χ4v) is 10.5. The van der Waals surface area contributed by atoms with E-state index < -0.39 is 17.5 Å². The molecule has 4 fully saturated rings. The Balaban J connectivity index is 1.58. The third-order valence-electron chi connectivity index (χ3n) is 13.2. The summed E-state index contributed by atoms with van der Waals surface area (Å²) < 4.78 is 0. The van der Waals surface area contributed by atoms with E-state index in [0.29, 0.717) is 29.1 Å². The highest BCUT2D eigenvalue weighted by molar-refractivity contribution is 5.76. The second-order valence-electron chi connectivity index (χ2n) is 15.0. The monoisotopic (exact) mass is 456 g/mol. The van der Waals surface area contributed by atoms with E-state index in [1.165, 1.54) is 32.1 Å². The lowest BCUT2D eigenvalue weighted by Crippen LogP contribution is -2.66. The largest absolute Gasteiger partial charge is 0.481 e. The van der Waals surface area contributed by atoms with Crippen LogP contribution in [0.15, 0.2) is 11.6 Å². The van der Waals surface area contributed by atoms with Gasteiger partial charge >= 0.3 is 5.97 Å². The van der Waals surface area contributed by atoms with Crippen molar-refractivity contribution in [3.63, 3.8) is 0 Å². The van der Waals surface area contributed by atoms with Crippen LogP contribution in [0.4, 0.5) is 0 Å². The summed E-state index contributed by atoms with van der Waals surface area (Å²) in [6.07, 6.45) is 13.2. The van der Waals surface area contributed by atoms with Crippen LogP contribution in [0.3, 0.4) is 0 Å². The maximum absolute atomic E-state index is 12.5. The van der Waals surface area contributed by atoms with Crippen molar-refractivity contribution in [2.75, 3.05) is 0 Å². The molecule has 5 aliphatic carbocycles. The van der Waals surface area contributed by atoms with Crippen LogP contribution < -0.4 is 0 Å². The van der Waals surface area contributed by atoms with Crippen LogP contribution in [0.5, 0.6) is 0 Å². The van der Waals surface area contributed by atoms with Crippen LogP contribution in [-0.4, -0.2) is 22.3 Å². The van der Waals surface area contributed by atoms with Gasteiger partial charge in [-0.3, -0.25) is 4.79 Å². The summed E-state index contributed by atoms with van der Waals surface area (Å²) in [6.45, 7) is 16.9. The molecule has 0 amide bonds. The smallest absolute Gasteiger partial charge is 0.312 e. The normalized spacial score (nSPS) is 55.3. The number of aliphatic hydroxyl groups is 1. The minimum absolute atomic E-state index is 0.0308. The standard InChI is InChI=1S/C30H48O3/c1-25(2)14-15-26(3)16-17-28(5)19(20(26)18-25)8-9-21-27(4)12-11-23(31)30(7,24(32)33)22(27)10-13-29(21,28)6/h8,20-23,31H,9-18H2,1-7H3,(H,32,33)/t20-,21?,22?,23?,26+,27+,28?,29+,30+/m0/s1. The lowest BCUT2D eigenvalue weighted by Gasteiger charge is -2.71. The van der Waals surface area contributed by atoms with Gasteiger partial charge in [-0.05, 0) is 116 Å². The second kappa shape index (κ2) is 6.89. The van der Waals surface area contributed by atoms with E-state index in [1.807, 2.05) is 6.92 Å². The Morgan fingerprint density at radius 1 is 0.879 bits per heavy atom. The molecule has 3 heteroatoms. The Kier molecular flexibility index (Phi) is 4.99. The van der Waals surface area contributed by atoms with Gasteiger partial charge in [-0.15, -0.1) is 0 Å². The fraction of sp³-hybridized carbons (Fsp3) is 0.900. The first-order valence-corrected chi connectivity index (χ1v) is 13.8. The molecule has 0 aromatic rings. The molecule has 2 N–H and O–H groups in total. The minimum Gasteiger partial charge on any atom is -0.481 e. The van der Waals surface area contributed by atoms with Crippen molar-refractivity contribution >= 4 is 5.97 Å². The molecule has 5 aliphatic rings. The van der Waals surface area contributed by atoms with Gasteiger partial charge < -0.3 is 10.2 Å². The van der Waals surface area contributed by atoms with Gasteiger partial charge in [0.1, 0.15) is 0 Å². The molecule has 9 atom stereocenters. The number of allylic oxidation sites excluding steroid dienone is 2. The molecule has 3 nitrogen and oxygen atoms in total. The minimum atomic E-state index is -1.03. The van der Waals surface area contributed by atoms with Crippen LogP contribution in [0.2, 0.25) is 0 Å². The van der Waals surface area contributed by atoms with Crippen LogP contribution in [0.25, 0.3) is 0 Å². The highest BCUT2D eigenvalue weighted by Gasteiger charge is 2.69. The Morgan fingerprint density at radius 3 is 2.21 bits per heavy atom. The second-order valence-corrected chi connectivity index (χ2v) is 15.0. The fourth-order valence-electron chi connectivity index (χ4n) is 10.5. The molecule has 0 aliphatic heterocycles. The van der Waals surface area contributed by atoms with E-state index in [-0.39, 0.29) is 22.2 Å². The molecule has 4 unspecified atom stereocenters. The zero-order chi connectivity index (χ0) is 24.2. The molecule has 0 heterocycles. The molecular weight excluding hydrogens is 408 g/mol. The third-order valence-corrected chi connectivity index (χ3v) is 13.2. The number of hydrogen-bond donors (Lipinski definition) is 2. The zero-order valence-corrected chi connectivity index (χ0v) is 22.3. The summed E-state index contributed by atoms with van der Waals surface area (Å²) in [4.78, 5) is 12.5. The maximum atomic E-state index is 12.5. The van der Waals surface area contributed by atoms with Gasteiger partial charge in [0.2, 0.25) is 0 Å². The van der Waals surface area contributed by atoms with Crippen LogP contribution in [-0.2, 0) is 4.79 Å². The number of aliphatic carboxylic acids is 1. The number of aliphatic hydroxyl groups excluding tert-OH is 1. The number of carboxylic acids is 1. The quantitative estimate of drug-likeness (QED) is 0.409. The number of carbonyl (C=O) groups is 1. The summed E-state index contributed by atoms with van der Waals surface area (Å²) in [5.41, 5.74) is 1.98. The van der Waals surface area contributed by atoms with Gasteiger partial charge in [-0.1, -0.05) is 53.2 Å². The summed E-state index contributed by atoms with van der Waals surface area (Å²) in [5.74, 6) is 0.432. The van der Waals surface area contributed by atoms with Gasteiger partial charge in [0.25, 0.3) is 0 Å². The molecule has 4 saturated carbocycles.